The van der Waals surface area contributed by atoms with Crippen molar-refractivity contribution in [1.29, 1.82) is 0 Å². The van der Waals surface area contributed by atoms with Gasteiger partial charge in [0.05, 0.1) is 9.13 Å². The number of aliphatic hydroxyl groups excluding tert-OH is 2. The predicted molar refractivity (Wildman–Crippen MR) is 134 cm³/mol. The summed E-state index contributed by atoms with van der Waals surface area (Å²) in [6, 6.07) is 1.75. The molecule has 1 amide bonds. The molecule has 4 rings (SSSR count). The zero-order chi connectivity index (χ0) is 26.4. The van der Waals surface area contributed by atoms with Crippen LogP contribution < -0.4 is 16.4 Å². The molecule has 1 aromatic carbocycles. The average Bonchev–Trinajstić information content (AvgIpc) is 2.76. The van der Waals surface area contributed by atoms with E-state index in [-0.39, 0.29) is 29.7 Å². The molecule has 0 radical (unpaired) electrons. The van der Waals surface area contributed by atoms with Gasteiger partial charge < -0.3 is 36.8 Å². The number of hydrogen-bond donors (Lipinski definition) is 6. The van der Waals surface area contributed by atoms with Gasteiger partial charge in [-0.05, 0) is 67.1 Å². The highest BCUT2D eigenvalue weighted by Crippen LogP contribution is 2.55. The van der Waals surface area contributed by atoms with Crippen LogP contribution in [-0.2, 0) is 20.8 Å². The number of amides is 1. The summed E-state index contributed by atoms with van der Waals surface area (Å²) in [6.45, 7) is 0. The van der Waals surface area contributed by atoms with Crippen molar-refractivity contribution >= 4 is 51.5 Å². The molecular weight excluding hydrogens is 571 g/mol. The Bertz CT molecular complexity index is 1270. The van der Waals surface area contributed by atoms with Gasteiger partial charge in [0.2, 0.25) is 11.6 Å². The molecule has 0 unspecified atom stereocenters. The average molecular weight is 598 g/mol. The first-order valence-electron chi connectivity index (χ1n) is 10.8. The Morgan fingerprint density at radius 1 is 1.14 bits per heavy atom. The van der Waals surface area contributed by atoms with Gasteiger partial charge in [-0.3, -0.25) is 19.3 Å². The van der Waals surface area contributed by atoms with E-state index in [4.69, 9.17) is 11.5 Å². The number of aromatic hydroxyl groups is 1. The van der Waals surface area contributed by atoms with E-state index < -0.39 is 57.7 Å². The summed E-state index contributed by atoms with van der Waals surface area (Å²) in [5.41, 5.74) is 7.15. The molecule has 1 saturated carbocycles. The summed E-state index contributed by atoms with van der Waals surface area (Å²) in [7, 11) is 6.54. The second-order valence-corrected chi connectivity index (χ2v) is 10.8. The van der Waals surface area contributed by atoms with E-state index in [0.29, 0.717) is 14.8 Å². The lowest BCUT2D eigenvalue weighted by Gasteiger charge is -2.54. The molecule has 11 nitrogen and oxygen atoms in total. The van der Waals surface area contributed by atoms with Gasteiger partial charge in [-0.2, -0.15) is 0 Å². The Labute approximate surface area is 214 Å². The Kier molecular flexibility index (Phi) is 5.75. The van der Waals surface area contributed by atoms with Crippen LogP contribution in [0.2, 0.25) is 0 Å². The number of ketones is 2. The number of likely N-dealkylation sites (N-methyl/N-ethyl adjacent to an activating group) is 1. The maximum atomic E-state index is 13.8. The molecule has 1 fully saturated rings. The maximum Gasteiger partial charge on any atom is 0.256 e. The van der Waals surface area contributed by atoms with Crippen molar-refractivity contribution in [1.82, 2.24) is 4.90 Å². The summed E-state index contributed by atoms with van der Waals surface area (Å²) in [5.74, 6) is -7.52. The summed E-state index contributed by atoms with van der Waals surface area (Å²) >= 11 is 1.91. The number of carbonyl (C=O) groups excluding carboxylic acids is 3. The van der Waals surface area contributed by atoms with E-state index in [9.17, 15) is 34.8 Å². The van der Waals surface area contributed by atoms with Gasteiger partial charge in [0.1, 0.15) is 28.5 Å². The van der Waals surface area contributed by atoms with Gasteiger partial charge in [0.15, 0.2) is 5.60 Å². The van der Waals surface area contributed by atoms with E-state index >= 15 is 0 Å². The highest BCUT2D eigenvalue weighted by atomic mass is 127. The first-order chi connectivity index (χ1) is 16.1. The number of primary amides is 1. The van der Waals surface area contributed by atoms with E-state index in [1.54, 1.807) is 20.2 Å². The van der Waals surface area contributed by atoms with Crippen LogP contribution in [0.5, 0.6) is 5.75 Å². The van der Waals surface area contributed by atoms with Gasteiger partial charge in [0, 0.05) is 31.3 Å². The summed E-state index contributed by atoms with van der Waals surface area (Å²) < 4.78 is 0.432. The normalized spacial score (nSPS) is 30.3. The standard InChI is InChI=1S/C23H27IN4O7/c1-27(2)11-7-10(24)16(29)14-9(11)5-8-6-12-22(35,18(31)13(8)17(14)30)19(32)15(21(25)34)20(33)23(12,26)28(3)4/h7-8,12,29-30,33,35H,5-6,26H2,1-4H3,(H2,25,34)/t8-,12+,22-,23-/m0/s1. The van der Waals surface area contributed by atoms with Gasteiger partial charge in [0.25, 0.3) is 5.91 Å². The SMILES string of the molecule is CN(C)c1cc(I)c(O)c2c1C[C@H]1C[C@@H]3[C@@](O)(C(=O)C(C(N)=O)=C(O)[C@@]3(N)N(C)C)C(=O)C1=C2O. The molecule has 1 aromatic rings. The van der Waals surface area contributed by atoms with Crippen LogP contribution in [0.25, 0.3) is 5.76 Å². The number of halogens is 1. The third kappa shape index (κ3) is 3.09. The van der Waals surface area contributed by atoms with E-state index in [0.717, 1.165) is 0 Å². The highest BCUT2D eigenvalue weighted by molar-refractivity contribution is 14.1. The van der Waals surface area contributed by atoms with Crippen LogP contribution in [-0.4, -0.2) is 82.3 Å². The molecule has 0 aromatic heterocycles. The summed E-state index contributed by atoms with van der Waals surface area (Å²) in [5, 5.41) is 44.6. The van der Waals surface area contributed by atoms with Gasteiger partial charge >= 0.3 is 0 Å². The fourth-order valence-electron chi connectivity index (χ4n) is 5.69. The number of phenolic OH excluding ortho intramolecular Hbond substituents is 1. The summed E-state index contributed by atoms with van der Waals surface area (Å²) in [6.07, 6.45) is 0.104. The highest BCUT2D eigenvalue weighted by Gasteiger charge is 2.69. The second kappa shape index (κ2) is 7.91. The van der Waals surface area contributed by atoms with Crippen LogP contribution >= 0.6 is 22.6 Å². The summed E-state index contributed by atoms with van der Waals surface area (Å²) in [4.78, 5) is 42.4. The molecule has 35 heavy (non-hydrogen) atoms. The van der Waals surface area contributed by atoms with E-state index in [1.165, 1.54) is 19.0 Å². The second-order valence-electron chi connectivity index (χ2n) is 9.66. The number of hydrogen-bond acceptors (Lipinski definition) is 10. The zero-order valence-corrected chi connectivity index (χ0v) is 21.7. The number of Topliss-reactive ketones (excluding diaryl/α,β-unsaturated/α-hetero) is 2. The van der Waals surface area contributed by atoms with Crippen LogP contribution in [0.3, 0.4) is 0 Å². The van der Waals surface area contributed by atoms with E-state index in [2.05, 4.69) is 0 Å². The van der Waals surface area contributed by atoms with Crippen LogP contribution in [0.1, 0.15) is 17.5 Å². The minimum Gasteiger partial charge on any atom is -0.508 e. The third-order valence-electron chi connectivity index (χ3n) is 7.49. The molecule has 8 N–H and O–H groups in total. The number of fused-ring (bicyclic) bond motifs is 3. The molecule has 0 saturated heterocycles. The molecule has 0 spiro atoms. The fourth-order valence-corrected chi connectivity index (χ4v) is 6.26. The lowest BCUT2D eigenvalue weighted by molar-refractivity contribution is -0.168. The molecule has 3 aliphatic carbocycles. The maximum absolute atomic E-state index is 13.8. The van der Waals surface area contributed by atoms with Crippen molar-refractivity contribution in [3.05, 3.63) is 37.7 Å². The quantitative estimate of drug-likeness (QED) is 0.119. The smallest absolute Gasteiger partial charge is 0.256 e. The largest absolute Gasteiger partial charge is 0.508 e. The minimum atomic E-state index is -2.87. The number of phenols is 1. The molecule has 188 valence electrons. The minimum absolute atomic E-state index is 0.0469. The lowest BCUT2D eigenvalue weighted by atomic mass is 9.55. The first kappa shape index (κ1) is 25.4. The van der Waals surface area contributed by atoms with Crippen molar-refractivity contribution in [2.45, 2.75) is 24.1 Å². The molecule has 3 aliphatic rings. The van der Waals surface area contributed by atoms with E-state index in [1.807, 2.05) is 27.5 Å². The molecule has 0 bridgehead atoms. The molecule has 0 heterocycles. The molecule has 0 aliphatic heterocycles. The zero-order valence-electron chi connectivity index (χ0n) is 19.6. The van der Waals surface area contributed by atoms with Crippen LogP contribution in [0.4, 0.5) is 5.69 Å². The van der Waals surface area contributed by atoms with Crippen LogP contribution in [0, 0.1) is 15.4 Å². The Morgan fingerprint density at radius 2 is 1.74 bits per heavy atom. The Hall–Kier alpha value is -2.68. The number of aliphatic hydroxyl groups is 3. The van der Waals surface area contributed by atoms with Crippen LogP contribution in [0.15, 0.2) is 23.0 Å². The third-order valence-corrected chi connectivity index (χ3v) is 8.31. The Morgan fingerprint density at radius 3 is 2.26 bits per heavy atom. The van der Waals surface area contributed by atoms with Crippen molar-refractivity contribution in [3.63, 3.8) is 0 Å². The number of carbonyl (C=O) groups is 3. The van der Waals surface area contributed by atoms with Crippen molar-refractivity contribution in [3.8, 4) is 5.75 Å². The topological polar surface area (TPSA) is 191 Å². The predicted octanol–water partition coefficient (Wildman–Crippen LogP) is -0.0790. The Balaban J connectivity index is 2.03. The van der Waals surface area contributed by atoms with Gasteiger partial charge in [-0.15, -0.1) is 0 Å². The van der Waals surface area contributed by atoms with Crippen molar-refractivity contribution in [2.24, 2.45) is 23.3 Å². The number of nitrogens with zero attached hydrogens (tertiary/aromatic N) is 2. The fraction of sp³-hybridized carbons (Fsp3) is 0.435. The monoisotopic (exact) mass is 598 g/mol. The molecule has 4 atom stereocenters. The molecule has 12 heteroatoms. The first-order valence-corrected chi connectivity index (χ1v) is 11.9. The number of benzene rings is 1. The number of rotatable bonds is 3. The number of anilines is 1. The van der Waals surface area contributed by atoms with Crippen molar-refractivity contribution in [2.75, 3.05) is 33.1 Å². The van der Waals surface area contributed by atoms with Crippen molar-refractivity contribution < 1.29 is 34.8 Å². The number of nitrogens with two attached hydrogens (primary N) is 2. The molecular formula is C23H27IN4O7. The van der Waals surface area contributed by atoms with Gasteiger partial charge in [-0.1, -0.05) is 0 Å². The lowest BCUT2D eigenvalue weighted by Crippen LogP contribution is -2.75. The van der Waals surface area contributed by atoms with Gasteiger partial charge in [-0.25, -0.2) is 0 Å².